The van der Waals surface area contributed by atoms with Crippen molar-refractivity contribution in [2.45, 2.75) is 32.7 Å². The Morgan fingerprint density at radius 2 is 1.83 bits per heavy atom. The van der Waals surface area contributed by atoms with Gasteiger partial charge in [-0.15, -0.1) is 0 Å². The Bertz CT molecular complexity index is 761. The predicted molar refractivity (Wildman–Crippen MR) is 95.3 cm³/mol. The molecule has 1 aromatic carbocycles. The van der Waals surface area contributed by atoms with Crippen molar-refractivity contribution < 1.29 is 4.79 Å². The minimum Gasteiger partial charge on any atom is -0.337 e. The number of nitrogens with zero attached hydrogens (tertiary/aromatic N) is 2. The Balaban J connectivity index is 1.62. The number of para-hydroxylation sites is 1. The number of nitrogens with two attached hydrogens (primary N) is 1. The van der Waals surface area contributed by atoms with Crippen LogP contribution in [0.1, 0.15) is 34.6 Å². The number of hydrogen-bond donors (Lipinski definition) is 1. The van der Waals surface area contributed by atoms with E-state index in [4.69, 9.17) is 5.73 Å². The van der Waals surface area contributed by atoms with Crippen molar-refractivity contribution in [3.63, 3.8) is 0 Å². The molecule has 2 fully saturated rings. The maximum Gasteiger partial charge on any atom is 0.255 e. The molecule has 0 radical (unpaired) electrons. The average Bonchev–Trinajstić information content (AvgIpc) is 3.28. The lowest BCUT2D eigenvalue weighted by Gasteiger charge is -2.16. The molecule has 2 atom stereocenters. The van der Waals surface area contributed by atoms with Crippen LogP contribution < -0.4 is 5.73 Å². The van der Waals surface area contributed by atoms with E-state index in [9.17, 15) is 4.79 Å². The number of rotatable bonds is 3. The van der Waals surface area contributed by atoms with Crippen LogP contribution >= 0.6 is 0 Å². The number of aryl methyl sites for hydroxylation is 1. The fraction of sp³-hybridized carbons (Fsp3) is 0.450. The van der Waals surface area contributed by atoms with E-state index in [1.807, 2.05) is 36.1 Å². The van der Waals surface area contributed by atoms with E-state index in [1.165, 1.54) is 12.8 Å². The molecule has 1 saturated heterocycles. The minimum atomic E-state index is 0.129. The predicted octanol–water partition coefficient (Wildman–Crippen LogP) is 2.90. The van der Waals surface area contributed by atoms with Crippen molar-refractivity contribution in [1.82, 2.24) is 9.47 Å². The number of aromatic nitrogens is 1. The van der Waals surface area contributed by atoms with Crippen molar-refractivity contribution in [3.05, 3.63) is 53.3 Å². The largest absolute Gasteiger partial charge is 0.337 e. The van der Waals surface area contributed by atoms with Gasteiger partial charge >= 0.3 is 0 Å². The van der Waals surface area contributed by atoms with Gasteiger partial charge in [-0.3, -0.25) is 4.79 Å². The molecule has 0 spiro atoms. The van der Waals surface area contributed by atoms with Gasteiger partial charge in [0.2, 0.25) is 0 Å². The quantitative estimate of drug-likeness (QED) is 0.944. The lowest BCUT2D eigenvalue weighted by atomic mass is 9.99. The summed E-state index contributed by atoms with van der Waals surface area (Å²) in [5.41, 5.74) is 10.3. The van der Waals surface area contributed by atoms with E-state index >= 15 is 0 Å². The summed E-state index contributed by atoms with van der Waals surface area (Å²) < 4.78 is 2.15. The zero-order valence-electron chi connectivity index (χ0n) is 14.4. The van der Waals surface area contributed by atoms with Gasteiger partial charge in [-0.1, -0.05) is 18.2 Å². The summed E-state index contributed by atoms with van der Waals surface area (Å²) in [6, 6.07) is 12.4. The third-order valence-corrected chi connectivity index (χ3v) is 5.60. The molecule has 1 amide bonds. The van der Waals surface area contributed by atoms with Crippen molar-refractivity contribution in [2.24, 2.45) is 17.6 Å². The summed E-state index contributed by atoms with van der Waals surface area (Å²) in [5, 5.41) is 0. The summed E-state index contributed by atoms with van der Waals surface area (Å²) in [5.74, 6) is 1.37. The molecule has 2 N–H and O–H groups in total. The molecule has 24 heavy (non-hydrogen) atoms. The molecule has 1 aliphatic carbocycles. The van der Waals surface area contributed by atoms with Gasteiger partial charge in [0.15, 0.2) is 0 Å². The van der Waals surface area contributed by atoms with Crippen molar-refractivity contribution in [1.29, 1.82) is 0 Å². The molecule has 4 nitrogen and oxygen atoms in total. The molecule has 1 aliphatic heterocycles. The van der Waals surface area contributed by atoms with Gasteiger partial charge in [0, 0.05) is 36.2 Å². The summed E-state index contributed by atoms with van der Waals surface area (Å²) in [6.45, 7) is 5.59. The summed E-state index contributed by atoms with van der Waals surface area (Å²) >= 11 is 0. The topological polar surface area (TPSA) is 51.3 Å². The monoisotopic (exact) mass is 323 g/mol. The van der Waals surface area contributed by atoms with Gasteiger partial charge in [-0.2, -0.15) is 0 Å². The Morgan fingerprint density at radius 3 is 2.50 bits per heavy atom. The summed E-state index contributed by atoms with van der Waals surface area (Å²) in [7, 11) is 0. The lowest BCUT2D eigenvalue weighted by molar-refractivity contribution is 0.0784. The van der Waals surface area contributed by atoms with E-state index in [0.717, 1.165) is 35.1 Å². The second-order valence-corrected chi connectivity index (χ2v) is 7.33. The first-order chi connectivity index (χ1) is 11.6. The van der Waals surface area contributed by atoms with Crippen LogP contribution in [0.25, 0.3) is 5.69 Å². The Labute approximate surface area is 143 Å². The highest BCUT2D eigenvalue weighted by Crippen LogP contribution is 2.41. The van der Waals surface area contributed by atoms with Gasteiger partial charge in [-0.25, -0.2) is 0 Å². The number of carbonyl (C=O) groups excluding carboxylic acids is 1. The van der Waals surface area contributed by atoms with Crippen molar-refractivity contribution >= 4 is 5.91 Å². The highest BCUT2D eigenvalue weighted by Gasteiger charge is 2.42. The standard InChI is InChI=1S/C20H25N3O/c1-13-10-17(14(2)23(13)16-6-4-3-5-7-16)20(24)22-11-18(15-8-9-15)19(21)12-22/h3-7,10,15,18-19H,8-9,11-12,21H2,1-2H3/t18-,19+/m0/s1. The minimum absolute atomic E-state index is 0.129. The molecule has 1 aromatic heterocycles. The van der Waals surface area contributed by atoms with Gasteiger partial charge in [-0.05, 0) is 56.7 Å². The molecular weight excluding hydrogens is 298 g/mol. The van der Waals surface area contributed by atoms with Crippen LogP contribution in [0.15, 0.2) is 36.4 Å². The van der Waals surface area contributed by atoms with Crippen LogP contribution in [0.4, 0.5) is 0 Å². The third kappa shape index (κ3) is 2.55. The molecule has 1 saturated carbocycles. The second kappa shape index (κ2) is 5.78. The van der Waals surface area contributed by atoms with E-state index in [1.54, 1.807) is 0 Å². The zero-order chi connectivity index (χ0) is 16.8. The molecule has 0 unspecified atom stereocenters. The highest BCUT2D eigenvalue weighted by atomic mass is 16.2. The van der Waals surface area contributed by atoms with Gasteiger partial charge in [0.05, 0.1) is 5.56 Å². The Kier molecular flexibility index (Phi) is 3.72. The van der Waals surface area contributed by atoms with Crippen molar-refractivity contribution in [3.8, 4) is 5.69 Å². The second-order valence-electron chi connectivity index (χ2n) is 7.33. The molecule has 2 heterocycles. The van der Waals surface area contributed by atoms with E-state index in [2.05, 4.69) is 23.6 Å². The van der Waals surface area contributed by atoms with Crippen LogP contribution in [0, 0.1) is 25.7 Å². The van der Waals surface area contributed by atoms with Crippen LogP contribution in [-0.2, 0) is 0 Å². The van der Waals surface area contributed by atoms with E-state index in [-0.39, 0.29) is 11.9 Å². The number of hydrogen-bond acceptors (Lipinski definition) is 2. The van der Waals surface area contributed by atoms with Gasteiger partial charge in [0.25, 0.3) is 5.91 Å². The number of benzene rings is 1. The average molecular weight is 323 g/mol. The van der Waals surface area contributed by atoms with Crippen LogP contribution in [0.2, 0.25) is 0 Å². The molecule has 2 aromatic rings. The SMILES string of the molecule is Cc1cc(C(=O)N2C[C@@H](N)[C@H](C3CC3)C2)c(C)n1-c1ccccc1. The smallest absolute Gasteiger partial charge is 0.255 e. The van der Waals surface area contributed by atoms with Crippen molar-refractivity contribution in [2.75, 3.05) is 13.1 Å². The molecule has 4 heteroatoms. The number of amides is 1. The summed E-state index contributed by atoms with van der Waals surface area (Å²) in [6.07, 6.45) is 2.56. The van der Waals surface area contributed by atoms with Crippen LogP contribution in [0.3, 0.4) is 0 Å². The maximum atomic E-state index is 13.1. The molecule has 0 bridgehead atoms. The first-order valence-corrected chi connectivity index (χ1v) is 8.85. The number of carbonyl (C=O) groups is 1. The van der Waals surface area contributed by atoms with E-state index < -0.39 is 0 Å². The molecular formula is C20H25N3O. The number of likely N-dealkylation sites (tertiary alicyclic amines) is 1. The summed E-state index contributed by atoms with van der Waals surface area (Å²) in [4.78, 5) is 15.0. The van der Waals surface area contributed by atoms with Crippen LogP contribution in [0.5, 0.6) is 0 Å². The Morgan fingerprint density at radius 1 is 1.12 bits per heavy atom. The molecule has 2 aliphatic rings. The van der Waals surface area contributed by atoms with Gasteiger partial charge < -0.3 is 15.2 Å². The fourth-order valence-corrected chi connectivity index (χ4v) is 4.17. The highest BCUT2D eigenvalue weighted by molar-refractivity contribution is 5.96. The maximum absolute atomic E-state index is 13.1. The molecule has 126 valence electrons. The molecule has 4 rings (SSSR count). The normalized spacial score (nSPS) is 23.7. The first-order valence-electron chi connectivity index (χ1n) is 8.85. The fourth-order valence-electron chi connectivity index (χ4n) is 4.17. The lowest BCUT2D eigenvalue weighted by Crippen LogP contribution is -2.32. The third-order valence-electron chi connectivity index (χ3n) is 5.60. The first kappa shape index (κ1) is 15.5. The van der Waals surface area contributed by atoms with Gasteiger partial charge in [0.1, 0.15) is 0 Å². The Hall–Kier alpha value is -2.07. The zero-order valence-corrected chi connectivity index (χ0v) is 14.4. The van der Waals surface area contributed by atoms with E-state index in [0.29, 0.717) is 12.5 Å². The van der Waals surface area contributed by atoms with Crippen LogP contribution in [-0.4, -0.2) is 34.5 Å².